The Labute approximate surface area is 265 Å². The lowest BCUT2D eigenvalue weighted by atomic mass is 9.39. The maximum Gasteiger partial charge on any atom is 0.319 e. The summed E-state index contributed by atoms with van der Waals surface area (Å²) >= 11 is 0. The average Bonchev–Trinajstić information content (AvgIpc) is 3.00. The normalized spacial score (nSPS) is 32.2. The number of rotatable bonds is 7. The Kier molecular flexibility index (Phi) is 8.63. The van der Waals surface area contributed by atoms with Crippen LogP contribution in [0.25, 0.3) is 0 Å². The van der Waals surface area contributed by atoms with Gasteiger partial charge in [-0.2, -0.15) is 5.26 Å². The van der Waals surface area contributed by atoms with Crippen LogP contribution in [-0.4, -0.2) is 33.3 Å². The first-order chi connectivity index (χ1) is 20.8. The van der Waals surface area contributed by atoms with E-state index in [1.165, 1.54) is 10.4 Å². The molecule has 0 saturated heterocycles. The minimum Gasteiger partial charge on any atom is -0.465 e. The smallest absolute Gasteiger partial charge is 0.319 e. The molecule has 2 aromatic rings. The molecule has 234 valence electrons. The first-order valence-corrected chi connectivity index (χ1v) is 18.3. The number of nitriles is 1. The molecule has 3 fully saturated rings. The highest BCUT2D eigenvalue weighted by Gasteiger charge is 2.68. The van der Waals surface area contributed by atoms with E-state index >= 15 is 0 Å². The summed E-state index contributed by atoms with van der Waals surface area (Å²) in [6.07, 6.45) is 3.92. The molecule has 5 nitrogen and oxygen atoms in total. The fourth-order valence-electron chi connectivity index (χ4n) is 9.71. The largest absolute Gasteiger partial charge is 0.465 e. The Morgan fingerprint density at radius 1 is 0.977 bits per heavy atom. The maximum absolute atomic E-state index is 13.4. The molecule has 3 aliphatic carbocycles. The second-order valence-electron chi connectivity index (χ2n) is 14.9. The molecular weight excluding hydrogens is 563 g/mol. The summed E-state index contributed by atoms with van der Waals surface area (Å²) in [6.45, 7) is 17.9. The van der Waals surface area contributed by atoms with Gasteiger partial charge in [0.2, 0.25) is 0 Å². The van der Waals surface area contributed by atoms with Crippen LogP contribution in [0.2, 0.25) is 5.04 Å². The summed E-state index contributed by atoms with van der Waals surface area (Å²) in [7, 11) is -2.83. The van der Waals surface area contributed by atoms with Crippen molar-refractivity contribution in [1.82, 2.24) is 0 Å². The summed E-state index contributed by atoms with van der Waals surface area (Å²) < 4.78 is 13.0. The van der Waals surface area contributed by atoms with Crippen molar-refractivity contribution in [1.29, 1.82) is 5.26 Å². The number of hydrogen-bond acceptors (Lipinski definition) is 5. The summed E-state index contributed by atoms with van der Waals surface area (Å²) in [5.74, 6) is -0.700. The van der Waals surface area contributed by atoms with Crippen LogP contribution in [-0.2, 0) is 18.8 Å². The predicted molar refractivity (Wildman–Crippen MR) is 177 cm³/mol. The Morgan fingerprint density at radius 2 is 1.57 bits per heavy atom. The molecular formula is C38H49NO4Si. The lowest BCUT2D eigenvalue weighted by Gasteiger charge is -2.63. The van der Waals surface area contributed by atoms with Crippen LogP contribution in [0.4, 0.5) is 0 Å². The second kappa shape index (κ2) is 11.7. The molecule has 0 spiro atoms. The first-order valence-electron chi connectivity index (χ1n) is 16.4. The number of fused-ring (bicyclic) bond motifs is 3. The van der Waals surface area contributed by atoms with Crippen molar-refractivity contribution < 1.29 is 18.8 Å². The number of ether oxygens (including phenoxy) is 1. The van der Waals surface area contributed by atoms with E-state index < -0.39 is 25.1 Å². The van der Waals surface area contributed by atoms with E-state index in [0.29, 0.717) is 32.3 Å². The molecule has 3 aliphatic rings. The van der Waals surface area contributed by atoms with E-state index in [9.17, 15) is 14.9 Å². The number of nitrogens with zero attached hydrogens (tertiary/aromatic N) is 1. The molecule has 2 aromatic carbocycles. The van der Waals surface area contributed by atoms with Gasteiger partial charge in [0.15, 0.2) is 0 Å². The number of Topliss-reactive ketones (excluding diaryl/α,β-unsaturated/α-hetero) is 1. The van der Waals surface area contributed by atoms with Gasteiger partial charge >= 0.3 is 5.97 Å². The van der Waals surface area contributed by atoms with E-state index in [1.54, 1.807) is 13.8 Å². The van der Waals surface area contributed by atoms with Gasteiger partial charge in [0.05, 0.1) is 18.1 Å². The molecule has 0 N–H and O–H groups in total. The van der Waals surface area contributed by atoms with Gasteiger partial charge in [-0.1, -0.05) is 101 Å². The quantitative estimate of drug-likeness (QED) is 0.146. The zero-order valence-corrected chi connectivity index (χ0v) is 28.4. The molecule has 3 saturated carbocycles. The summed E-state index contributed by atoms with van der Waals surface area (Å²) in [5, 5.41) is 13.4. The topological polar surface area (TPSA) is 76.4 Å². The van der Waals surface area contributed by atoms with E-state index in [-0.39, 0.29) is 40.6 Å². The number of hydrogen-bond donors (Lipinski definition) is 0. The van der Waals surface area contributed by atoms with Crippen molar-refractivity contribution >= 4 is 30.4 Å². The lowest BCUT2D eigenvalue weighted by molar-refractivity contribution is -0.187. The fraction of sp³-hybridized carbons (Fsp3) is 0.553. The van der Waals surface area contributed by atoms with Crippen molar-refractivity contribution in [3.8, 4) is 6.07 Å². The molecule has 0 aliphatic heterocycles. The third kappa shape index (κ3) is 4.74. The Bertz CT molecular complexity index is 1400. The Hall–Kier alpha value is -3.01. The summed E-state index contributed by atoms with van der Waals surface area (Å²) in [5.41, 5.74) is -1.12. The van der Waals surface area contributed by atoms with Crippen molar-refractivity contribution in [3.63, 3.8) is 0 Å². The maximum atomic E-state index is 13.4. The Balaban J connectivity index is 1.57. The number of ketones is 1. The van der Waals surface area contributed by atoms with Gasteiger partial charge in [0.25, 0.3) is 8.32 Å². The summed E-state index contributed by atoms with van der Waals surface area (Å²) in [6, 6.07) is 24.1. The highest BCUT2D eigenvalue weighted by atomic mass is 28.4. The summed E-state index contributed by atoms with van der Waals surface area (Å²) in [4.78, 5) is 26.8. The molecule has 0 heterocycles. The Morgan fingerprint density at radius 3 is 2.09 bits per heavy atom. The molecule has 0 unspecified atom stereocenters. The SMILES string of the molecule is C=C1CC[C@@H]2[C@@]3(C)CCC(=O)[C@](C)(C(=O)OCC)[C@@H]3CC[C@@]2(C#N)[C@@H]1CO[Si](c1ccccc1)(c1ccccc1)C(C)(C)C. The van der Waals surface area contributed by atoms with Gasteiger partial charge in [0, 0.05) is 18.9 Å². The molecule has 5 rings (SSSR count). The zero-order chi connectivity index (χ0) is 32.0. The van der Waals surface area contributed by atoms with Crippen molar-refractivity contribution in [2.75, 3.05) is 13.2 Å². The second-order valence-corrected chi connectivity index (χ2v) is 19.2. The first kappa shape index (κ1) is 32.4. The molecule has 0 bridgehead atoms. The minimum absolute atomic E-state index is 0.0188. The van der Waals surface area contributed by atoms with Crippen molar-refractivity contribution in [3.05, 3.63) is 72.8 Å². The third-order valence-corrected chi connectivity index (χ3v) is 16.9. The molecule has 0 aromatic heterocycles. The van der Waals surface area contributed by atoms with Crippen LogP contribution in [0.1, 0.15) is 80.1 Å². The van der Waals surface area contributed by atoms with Gasteiger partial charge < -0.3 is 9.16 Å². The zero-order valence-electron chi connectivity index (χ0n) is 27.4. The van der Waals surface area contributed by atoms with Gasteiger partial charge in [-0.25, -0.2) is 0 Å². The average molecular weight is 612 g/mol. The van der Waals surface area contributed by atoms with Crippen LogP contribution in [0, 0.1) is 45.3 Å². The van der Waals surface area contributed by atoms with Crippen LogP contribution < -0.4 is 10.4 Å². The number of carbonyl (C=O) groups excluding carboxylic acids is 2. The van der Waals surface area contributed by atoms with Gasteiger partial charge in [0.1, 0.15) is 11.2 Å². The van der Waals surface area contributed by atoms with E-state index in [4.69, 9.17) is 9.16 Å². The number of esters is 1. The van der Waals surface area contributed by atoms with Crippen LogP contribution in [0.15, 0.2) is 72.8 Å². The lowest BCUT2D eigenvalue weighted by Crippen LogP contribution is -2.68. The van der Waals surface area contributed by atoms with Crippen LogP contribution in [0.5, 0.6) is 0 Å². The van der Waals surface area contributed by atoms with Crippen molar-refractivity contribution in [2.24, 2.45) is 34.0 Å². The van der Waals surface area contributed by atoms with Gasteiger partial charge in [-0.05, 0) is 78.6 Å². The van der Waals surface area contributed by atoms with Crippen molar-refractivity contribution in [2.45, 2.75) is 85.1 Å². The standard InChI is InChI=1S/C38H49NO4Si/c1-8-42-34(41)37(7)31-21-24-38(26-39)30(27(2)19-20-32(38)36(31,6)23-22-33(37)40)25-43-44(35(3,4)5,28-15-11-9-12-16-28)29-17-13-10-14-18-29/h9-18,30-32H,2,8,19-25H2,1,3-7H3/t30-,31-,32-,36+,37-,38-/m1/s1. The molecule has 6 heteroatoms. The molecule has 6 atom stereocenters. The molecule has 44 heavy (non-hydrogen) atoms. The van der Waals surface area contributed by atoms with Gasteiger partial charge in [-0.3, -0.25) is 9.59 Å². The van der Waals surface area contributed by atoms with Crippen LogP contribution in [0.3, 0.4) is 0 Å². The van der Waals surface area contributed by atoms with E-state index in [2.05, 4.69) is 88.9 Å². The minimum atomic E-state index is -2.83. The molecule has 0 amide bonds. The monoisotopic (exact) mass is 611 g/mol. The van der Waals surface area contributed by atoms with Gasteiger partial charge in [-0.15, -0.1) is 0 Å². The third-order valence-electron chi connectivity index (χ3n) is 11.9. The number of benzene rings is 2. The predicted octanol–water partition coefficient (Wildman–Crippen LogP) is 7.00. The van der Waals surface area contributed by atoms with E-state index in [0.717, 1.165) is 18.4 Å². The fourth-order valence-corrected chi connectivity index (χ4v) is 14.3. The molecule has 0 radical (unpaired) electrons. The van der Waals surface area contributed by atoms with Crippen LogP contribution >= 0.6 is 0 Å². The number of carbonyl (C=O) groups is 2. The van der Waals surface area contributed by atoms with E-state index in [1.807, 2.05) is 12.1 Å². The highest BCUT2D eigenvalue weighted by molar-refractivity contribution is 6.99. The highest BCUT2D eigenvalue weighted by Crippen LogP contribution is 2.68.